The lowest BCUT2D eigenvalue weighted by atomic mass is 9.88. The minimum absolute atomic E-state index is 0.924. The number of para-hydroxylation sites is 12. The molecule has 20 aromatic carbocycles. The fourth-order valence-corrected chi connectivity index (χ4v) is 21.6. The average molecular weight is 1720 g/mol. The lowest BCUT2D eigenvalue weighted by Crippen LogP contribution is -1.98. The van der Waals surface area contributed by atoms with E-state index in [2.05, 4.69) is 474 Å². The van der Waals surface area contributed by atoms with Crippen molar-refractivity contribution < 1.29 is 8.83 Å². The maximum absolute atomic E-state index is 6.40. The van der Waals surface area contributed by atoms with Gasteiger partial charge in [0, 0.05) is 98.5 Å². The highest BCUT2D eigenvalue weighted by atomic mass is 16.3. The summed E-state index contributed by atoms with van der Waals surface area (Å²) in [5.41, 5.74) is 45.6. The first-order valence-corrected chi connectivity index (χ1v) is 46.4. The van der Waals surface area contributed by atoms with Gasteiger partial charge in [-0.1, -0.05) is 309 Å². The van der Waals surface area contributed by atoms with Gasteiger partial charge in [0.15, 0.2) is 0 Å². The molecule has 0 aliphatic rings. The summed E-state index contributed by atoms with van der Waals surface area (Å²) in [6, 6.07) is 154. The third-order valence-electron chi connectivity index (χ3n) is 28.0. The van der Waals surface area contributed by atoms with Crippen LogP contribution in [-0.4, -0.2) is 18.3 Å². The number of fused-ring (bicyclic) bond motifs is 18. The molecule has 134 heavy (non-hydrogen) atoms. The molecular weight excluding hydrogens is 1630 g/mol. The Morgan fingerprint density at radius 1 is 0.142 bits per heavy atom. The Morgan fingerprint density at radius 3 is 0.664 bits per heavy atom. The van der Waals surface area contributed by atoms with Crippen LogP contribution >= 0.6 is 0 Å². The summed E-state index contributed by atoms with van der Waals surface area (Å²) in [5.74, 6) is 0. The van der Waals surface area contributed by atoms with Crippen molar-refractivity contribution in [1.82, 2.24) is 18.3 Å². The number of benzene rings is 20. The molecule has 6 nitrogen and oxygen atoms in total. The second kappa shape index (κ2) is 32.7. The van der Waals surface area contributed by atoms with E-state index in [4.69, 9.17) is 8.83 Å². The summed E-state index contributed by atoms with van der Waals surface area (Å²) in [6.45, 7) is 17.8. The van der Waals surface area contributed by atoms with Crippen LogP contribution < -0.4 is 0 Å². The van der Waals surface area contributed by atoms with Crippen LogP contribution in [0, 0.1) is 55.4 Å². The Balaban J connectivity index is 0.000000111. The van der Waals surface area contributed by atoms with E-state index in [0.717, 1.165) is 55.0 Å². The number of rotatable bonds is 11. The van der Waals surface area contributed by atoms with Crippen molar-refractivity contribution in [2.24, 2.45) is 0 Å². The lowest BCUT2D eigenvalue weighted by molar-refractivity contribution is 0.669. The highest BCUT2D eigenvalue weighted by Crippen LogP contribution is 2.46. The van der Waals surface area contributed by atoms with E-state index in [1.807, 2.05) is 24.3 Å². The zero-order chi connectivity index (χ0) is 90.1. The Hall–Kier alpha value is -16.8. The maximum atomic E-state index is 6.40. The van der Waals surface area contributed by atoms with Crippen LogP contribution in [0.4, 0.5) is 0 Å². The van der Waals surface area contributed by atoms with Crippen molar-refractivity contribution in [2.45, 2.75) is 55.4 Å². The van der Waals surface area contributed by atoms with Gasteiger partial charge >= 0.3 is 0 Å². The molecule has 0 saturated heterocycles. The first kappa shape index (κ1) is 80.5. The molecule has 6 heteroatoms. The van der Waals surface area contributed by atoms with Crippen LogP contribution in [0.3, 0.4) is 0 Å². The van der Waals surface area contributed by atoms with E-state index in [0.29, 0.717) is 0 Å². The maximum Gasteiger partial charge on any atom is 0.143 e. The molecule has 0 aliphatic heterocycles. The molecule has 6 heterocycles. The van der Waals surface area contributed by atoms with Crippen LogP contribution in [0.25, 0.3) is 232 Å². The number of aryl methyl sites for hydroxylation is 8. The molecule has 0 atom stereocenters. The molecule has 0 N–H and O–H groups in total. The molecule has 0 amide bonds. The highest BCUT2D eigenvalue weighted by molar-refractivity contribution is 6.15. The lowest BCUT2D eigenvalue weighted by Gasteiger charge is -2.16. The minimum Gasteiger partial charge on any atom is -0.455 e. The molecule has 0 bridgehead atoms. The van der Waals surface area contributed by atoms with Gasteiger partial charge in [-0.15, -0.1) is 0 Å². The molecular formula is C128H94N4O2. The molecule has 0 spiro atoms. The third-order valence-corrected chi connectivity index (χ3v) is 28.0. The van der Waals surface area contributed by atoms with E-state index in [1.54, 1.807) is 0 Å². The third kappa shape index (κ3) is 13.5. The second-order valence-electron chi connectivity index (χ2n) is 36.2. The predicted molar refractivity (Wildman–Crippen MR) is 567 cm³/mol. The first-order chi connectivity index (χ1) is 65.8. The van der Waals surface area contributed by atoms with E-state index in [1.165, 1.54) is 221 Å². The molecule has 26 rings (SSSR count). The smallest absolute Gasteiger partial charge is 0.143 e. The SMILES string of the molecule is Cc1cc(-c2ccc(-n3c4ccccc4c4ccccc43)cc2)c(C)cc1-c1ccc(-n2c3ccccc3c3ccccc32)cc1.Cc1cc(-c2cccc3c2oc2ccccc23)c(C)cc1-c1cccc(-c2cc(C)c(-c3cccc4c3oc3ccccc34)cc2C)c1.Cc1cc(-n2c3ccccc3c3ccccc32)ccc1-c1ccc(-n2c3ccccc3c3ccccc32)cc1C. The number of hydrogen-bond donors (Lipinski definition) is 0. The van der Waals surface area contributed by atoms with Gasteiger partial charge < -0.3 is 27.1 Å². The fourth-order valence-electron chi connectivity index (χ4n) is 21.6. The van der Waals surface area contributed by atoms with Gasteiger partial charge in [0.05, 0.1) is 44.1 Å². The van der Waals surface area contributed by atoms with E-state index >= 15 is 0 Å². The Bertz CT molecular complexity index is 8490. The number of nitrogens with zero attached hydrogens (tertiary/aromatic N) is 4. The summed E-state index contributed by atoms with van der Waals surface area (Å²) < 4.78 is 22.3. The normalized spacial score (nSPS) is 11.7. The second-order valence-corrected chi connectivity index (χ2v) is 36.2. The van der Waals surface area contributed by atoms with Crippen LogP contribution in [-0.2, 0) is 0 Å². The average Bonchev–Trinajstić information content (AvgIpc) is 1.58. The van der Waals surface area contributed by atoms with Gasteiger partial charge in [0.25, 0.3) is 0 Å². The molecule has 0 radical (unpaired) electrons. The Morgan fingerprint density at radius 2 is 0.366 bits per heavy atom. The predicted octanol–water partition coefficient (Wildman–Crippen LogP) is 35.4. The van der Waals surface area contributed by atoms with Gasteiger partial charge in [-0.3, -0.25) is 0 Å². The van der Waals surface area contributed by atoms with Gasteiger partial charge in [-0.2, -0.15) is 0 Å². The zero-order valence-corrected chi connectivity index (χ0v) is 76.0. The Labute approximate surface area is 778 Å². The molecule has 26 aromatic rings. The van der Waals surface area contributed by atoms with Crippen molar-refractivity contribution in [3.8, 4) is 101 Å². The van der Waals surface area contributed by atoms with E-state index in [-0.39, 0.29) is 0 Å². The highest BCUT2D eigenvalue weighted by Gasteiger charge is 2.24. The van der Waals surface area contributed by atoms with Gasteiger partial charge in [0.1, 0.15) is 22.3 Å². The van der Waals surface area contributed by atoms with Crippen LogP contribution in [0.1, 0.15) is 44.5 Å². The van der Waals surface area contributed by atoms with Gasteiger partial charge in [-0.25, -0.2) is 0 Å². The summed E-state index contributed by atoms with van der Waals surface area (Å²) >= 11 is 0. The molecule has 0 aliphatic carbocycles. The van der Waals surface area contributed by atoms with Gasteiger partial charge in [0.2, 0.25) is 0 Å². The largest absolute Gasteiger partial charge is 0.455 e. The summed E-state index contributed by atoms with van der Waals surface area (Å²) in [6.07, 6.45) is 0. The van der Waals surface area contributed by atoms with Crippen molar-refractivity contribution in [3.05, 3.63) is 469 Å². The first-order valence-electron chi connectivity index (χ1n) is 46.4. The number of aromatic nitrogens is 4. The van der Waals surface area contributed by atoms with Crippen LogP contribution in [0.2, 0.25) is 0 Å². The molecule has 638 valence electrons. The van der Waals surface area contributed by atoms with Crippen molar-refractivity contribution in [3.63, 3.8) is 0 Å². The number of furan rings is 2. The van der Waals surface area contributed by atoms with Crippen LogP contribution in [0.15, 0.2) is 433 Å². The van der Waals surface area contributed by atoms with Crippen molar-refractivity contribution in [2.75, 3.05) is 0 Å². The topological polar surface area (TPSA) is 46.0 Å². The molecule has 0 fully saturated rings. The van der Waals surface area contributed by atoms with E-state index in [9.17, 15) is 0 Å². The number of hydrogen-bond acceptors (Lipinski definition) is 2. The van der Waals surface area contributed by atoms with Crippen molar-refractivity contribution >= 4 is 131 Å². The van der Waals surface area contributed by atoms with E-state index < -0.39 is 0 Å². The monoisotopic (exact) mass is 1720 g/mol. The molecule has 6 aromatic heterocycles. The molecule has 0 unspecified atom stereocenters. The summed E-state index contributed by atoms with van der Waals surface area (Å²) in [4.78, 5) is 0. The summed E-state index contributed by atoms with van der Waals surface area (Å²) in [7, 11) is 0. The van der Waals surface area contributed by atoms with Crippen LogP contribution in [0.5, 0.6) is 0 Å². The Kier molecular flexibility index (Phi) is 19.6. The standard InChI is InChI=1S/C46H34O2.C44H32N2.C38H28N2/c1-27-24-41(37-18-10-16-35-33-14-5-7-20-43(33)47-45(35)37)29(3)22-39(27)31-12-9-13-32(26-31)40-23-30(4)42(25-28(40)2)38-19-11-17-36-34-15-6-8-21-44(34)48-46(36)38;1-29-27-40(32-21-25-34(26-22-32)46-43-17-9-5-13-37(43)38-14-6-10-18-44(38)46)30(2)28-39(29)31-19-23-33(24-20-31)45-41-15-7-3-11-35(41)36-12-4-8-16-42(36)45;1-25-23-27(39-35-15-7-3-11-31(35)32-12-4-8-16-36(32)39)19-21-29(25)30-22-20-28(24-26(30)2)40-37-17-9-5-13-33(37)34-14-6-10-18-38(34)40/h5-26H,1-4H3;3-28H,1-2H3;3-24H,1-2H3. The fraction of sp³-hybridized carbons (Fsp3) is 0.0625. The van der Waals surface area contributed by atoms with Crippen molar-refractivity contribution in [1.29, 1.82) is 0 Å². The molecule has 0 saturated carbocycles. The zero-order valence-electron chi connectivity index (χ0n) is 76.0. The minimum atomic E-state index is 0.924. The quantitative estimate of drug-likeness (QED) is 0.130. The van der Waals surface area contributed by atoms with Gasteiger partial charge in [-0.05, 0) is 282 Å². The summed E-state index contributed by atoms with van der Waals surface area (Å²) in [5, 5.41) is 14.9.